The average Bonchev–Trinajstić information content (AvgIpc) is 3.01. The van der Waals surface area contributed by atoms with E-state index in [0.29, 0.717) is 6.61 Å². The summed E-state index contributed by atoms with van der Waals surface area (Å²) in [6, 6.07) is 2.24. The lowest BCUT2D eigenvalue weighted by Gasteiger charge is -2.02. The summed E-state index contributed by atoms with van der Waals surface area (Å²) in [5, 5.41) is 7.62. The molecule has 5 heteroatoms. The summed E-state index contributed by atoms with van der Waals surface area (Å²) in [6.07, 6.45) is 4.83. The summed E-state index contributed by atoms with van der Waals surface area (Å²) in [4.78, 5) is 2.70. The molecule has 0 aliphatic carbocycles. The van der Waals surface area contributed by atoms with Crippen molar-refractivity contribution in [2.75, 3.05) is 6.54 Å². The van der Waals surface area contributed by atoms with Crippen LogP contribution >= 0.6 is 11.3 Å². The van der Waals surface area contributed by atoms with Crippen molar-refractivity contribution < 1.29 is 4.74 Å². The Hall–Kier alpha value is -1.33. The summed E-state index contributed by atoms with van der Waals surface area (Å²) >= 11 is 1.84. The maximum atomic E-state index is 5.82. The molecule has 0 fully saturated rings. The molecule has 0 saturated heterocycles. The largest absolute Gasteiger partial charge is 0.486 e. The molecule has 2 rings (SSSR count). The van der Waals surface area contributed by atoms with E-state index in [0.717, 1.165) is 31.8 Å². The predicted octanol–water partition coefficient (Wildman–Crippen LogP) is 3.35. The Kier molecular flexibility index (Phi) is 5.61. The van der Waals surface area contributed by atoms with Crippen LogP contribution in [-0.2, 0) is 19.7 Å². The van der Waals surface area contributed by atoms with Crippen LogP contribution in [0, 0.1) is 6.92 Å². The third kappa shape index (κ3) is 4.08. The quantitative estimate of drug-likeness (QED) is 0.811. The van der Waals surface area contributed by atoms with Gasteiger partial charge in [0.1, 0.15) is 6.61 Å². The standard InChI is InChI=1S/C15H23N3OS/c1-4-6-18-10-14(8-17-18)19-11-13-7-15(9-16-5-2)20-12(13)3/h7-8,10,16H,4-6,9,11H2,1-3H3. The lowest BCUT2D eigenvalue weighted by Crippen LogP contribution is -2.10. The molecule has 4 nitrogen and oxygen atoms in total. The summed E-state index contributed by atoms with van der Waals surface area (Å²) in [7, 11) is 0. The van der Waals surface area contributed by atoms with E-state index in [2.05, 4.69) is 37.3 Å². The Balaban J connectivity index is 1.90. The molecule has 0 radical (unpaired) electrons. The van der Waals surface area contributed by atoms with Gasteiger partial charge in [-0.25, -0.2) is 0 Å². The smallest absolute Gasteiger partial charge is 0.157 e. The zero-order chi connectivity index (χ0) is 14.4. The zero-order valence-electron chi connectivity index (χ0n) is 12.5. The lowest BCUT2D eigenvalue weighted by molar-refractivity contribution is 0.305. The van der Waals surface area contributed by atoms with Crippen LogP contribution < -0.4 is 10.1 Å². The van der Waals surface area contributed by atoms with Crippen LogP contribution in [0.15, 0.2) is 18.5 Å². The highest BCUT2D eigenvalue weighted by molar-refractivity contribution is 7.12. The van der Waals surface area contributed by atoms with E-state index >= 15 is 0 Å². The third-order valence-corrected chi connectivity index (χ3v) is 4.17. The van der Waals surface area contributed by atoms with E-state index in [9.17, 15) is 0 Å². The highest BCUT2D eigenvalue weighted by atomic mass is 32.1. The van der Waals surface area contributed by atoms with Gasteiger partial charge in [0.05, 0.1) is 12.4 Å². The Morgan fingerprint density at radius 2 is 2.25 bits per heavy atom. The van der Waals surface area contributed by atoms with Crippen molar-refractivity contribution in [3.63, 3.8) is 0 Å². The second kappa shape index (κ2) is 7.45. The van der Waals surface area contributed by atoms with Gasteiger partial charge in [0, 0.05) is 28.4 Å². The van der Waals surface area contributed by atoms with Crippen molar-refractivity contribution in [3.05, 3.63) is 33.8 Å². The molecule has 110 valence electrons. The zero-order valence-corrected chi connectivity index (χ0v) is 13.3. The topological polar surface area (TPSA) is 39.1 Å². The summed E-state index contributed by atoms with van der Waals surface area (Å²) in [5.41, 5.74) is 1.27. The number of aromatic nitrogens is 2. The first-order valence-corrected chi connectivity index (χ1v) is 7.98. The number of aryl methyl sites for hydroxylation is 2. The monoisotopic (exact) mass is 293 g/mol. The van der Waals surface area contributed by atoms with Gasteiger partial charge in [-0.05, 0) is 26.0 Å². The molecule has 0 amide bonds. The third-order valence-electron chi connectivity index (χ3n) is 3.08. The van der Waals surface area contributed by atoms with Crippen molar-refractivity contribution in [2.24, 2.45) is 0 Å². The van der Waals surface area contributed by atoms with Crippen molar-refractivity contribution in [1.82, 2.24) is 15.1 Å². The summed E-state index contributed by atoms with van der Waals surface area (Å²) < 4.78 is 7.74. The van der Waals surface area contributed by atoms with Gasteiger partial charge in [0.25, 0.3) is 0 Å². The molecular weight excluding hydrogens is 270 g/mol. The molecule has 1 N–H and O–H groups in total. The molecule has 0 atom stereocenters. The predicted molar refractivity (Wildman–Crippen MR) is 83.3 cm³/mol. The number of nitrogens with one attached hydrogen (secondary N) is 1. The average molecular weight is 293 g/mol. The first-order chi connectivity index (χ1) is 9.72. The van der Waals surface area contributed by atoms with Gasteiger partial charge in [-0.3, -0.25) is 4.68 Å². The molecule has 0 aliphatic heterocycles. The van der Waals surface area contributed by atoms with Crippen LogP contribution in [0.25, 0.3) is 0 Å². The molecule has 0 spiro atoms. The molecule has 2 aromatic heterocycles. The molecule has 20 heavy (non-hydrogen) atoms. The van der Waals surface area contributed by atoms with Crippen molar-refractivity contribution in [3.8, 4) is 5.75 Å². The molecular formula is C15H23N3OS. The second-order valence-corrected chi connectivity index (χ2v) is 6.14. The number of nitrogens with zero attached hydrogens (tertiary/aromatic N) is 2. The maximum absolute atomic E-state index is 5.82. The normalized spacial score (nSPS) is 10.9. The van der Waals surface area contributed by atoms with Crippen molar-refractivity contribution in [2.45, 2.75) is 46.9 Å². The van der Waals surface area contributed by atoms with E-state index in [1.807, 2.05) is 22.2 Å². The molecule has 2 heterocycles. The van der Waals surface area contributed by atoms with Crippen LogP contribution in [0.3, 0.4) is 0 Å². The van der Waals surface area contributed by atoms with Crippen molar-refractivity contribution >= 4 is 11.3 Å². The molecule has 0 saturated carbocycles. The molecule has 0 aromatic carbocycles. The van der Waals surface area contributed by atoms with Gasteiger partial charge in [-0.2, -0.15) is 5.10 Å². The molecule has 0 unspecified atom stereocenters. The van der Waals surface area contributed by atoms with Crippen LogP contribution in [-0.4, -0.2) is 16.3 Å². The fourth-order valence-electron chi connectivity index (χ4n) is 2.00. The minimum absolute atomic E-state index is 0.617. The summed E-state index contributed by atoms with van der Waals surface area (Å²) in [5.74, 6) is 0.845. The molecule has 2 aromatic rings. The van der Waals surface area contributed by atoms with Gasteiger partial charge in [0.2, 0.25) is 0 Å². The van der Waals surface area contributed by atoms with Crippen LogP contribution in [0.4, 0.5) is 0 Å². The first kappa shape index (κ1) is 15.1. The number of rotatable bonds is 8. The number of thiophene rings is 1. The van der Waals surface area contributed by atoms with Gasteiger partial charge in [-0.15, -0.1) is 11.3 Å². The minimum Gasteiger partial charge on any atom is -0.486 e. The SMILES string of the molecule is CCCn1cc(OCc2cc(CNCC)sc2C)cn1. The van der Waals surface area contributed by atoms with Crippen molar-refractivity contribution in [1.29, 1.82) is 0 Å². The van der Waals surface area contributed by atoms with Gasteiger partial charge in [-0.1, -0.05) is 13.8 Å². The fourth-order valence-corrected chi connectivity index (χ4v) is 3.02. The number of hydrogen-bond donors (Lipinski definition) is 1. The number of ether oxygens (including phenoxy) is 1. The lowest BCUT2D eigenvalue weighted by atomic mass is 10.2. The molecule has 0 bridgehead atoms. The highest BCUT2D eigenvalue weighted by Gasteiger charge is 2.07. The Bertz CT molecular complexity index is 533. The number of hydrogen-bond acceptors (Lipinski definition) is 4. The van der Waals surface area contributed by atoms with Crippen LogP contribution in [0.5, 0.6) is 5.75 Å². The molecule has 0 aliphatic rings. The van der Waals surface area contributed by atoms with E-state index < -0.39 is 0 Å². The fraction of sp³-hybridized carbons (Fsp3) is 0.533. The highest BCUT2D eigenvalue weighted by Crippen LogP contribution is 2.23. The Morgan fingerprint density at radius 3 is 3.00 bits per heavy atom. The van der Waals surface area contributed by atoms with E-state index in [1.54, 1.807) is 6.20 Å². The van der Waals surface area contributed by atoms with Gasteiger partial charge >= 0.3 is 0 Å². The van der Waals surface area contributed by atoms with E-state index in [1.165, 1.54) is 15.3 Å². The Labute approximate surface area is 124 Å². The van der Waals surface area contributed by atoms with Crippen LogP contribution in [0.2, 0.25) is 0 Å². The van der Waals surface area contributed by atoms with Gasteiger partial charge in [0.15, 0.2) is 5.75 Å². The van der Waals surface area contributed by atoms with Gasteiger partial charge < -0.3 is 10.1 Å². The minimum atomic E-state index is 0.617. The van der Waals surface area contributed by atoms with Crippen LogP contribution in [0.1, 0.15) is 35.6 Å². The van der Waals surface area contributed by atoms with E-state index in [-0.39, 0.29) is 0 Å². The van der Waals surface area contributed by atoms with E-state index in [4.69, 9.17) is 4.74 Å². The summed E-state index contributed by atoms with van der Waals surface area (Å²) in [6.45, 7) is 9.91. The first-order valence-electron chi connectivity index (χ1n) is 7.17. The maximum Gasteiger partial charge on any atom is 0.157 e. The Morgan fingerprint density at radius 1 is 1.40 bits per heavy atom. The second-order valence-electron chi connectivity index (χ2n) is 4.80.